The van der Waals surface area contributed by atoms with Crippen molar-refractivity contribution in [2.75, 3.05) is 60.6 Å². The van der Waals surface area contributed by atoms with E-state index < -0.39 is 57.9 Å². The molecular weight excluding hydrogens is 660 g/mol. The molecular formula is C38H54N2O11. The zero-order valence-corrected chi connectivity index (χ0v) is 30.8. The van der Waals surface area contributed by atoms with Gasteiger partial charge in [0.1, 0.15) is 11.2 Å². The second-order valence-electron chi connectivity index (χ2n) is 16.0. The number of carbonyl (C=O) groups is 3. The number of amides is 1. The van der Waals surface area contributed by atoms with Crippen molar-refractivity contribution in [3.63, 3.8) is 0 Å². The molecule has 1 aromatic rings. The summed E-state index contributed by atoms with van der Waals surface area (Å²) in [6.07, 6.45) is 0.602. The van der Waals surface area contributed by atoms with Gasteiger partial charge < -0.3 is 44.0 Å². The van der Waals surface area contributed by atoms with E-state index in [-0.39, 0.29) is 72.7 Å². The minimum atomic E-state index is -1.70. The fraction of sp³-hybridized carbons (Fsp3) is 0.763. The molecule has 5 aliphatic carbocycles. The third-order valence-corrected chi connectivity index (χ3v) is 14.3. The van der Waals surface area contributed by atoms with Crippen LogP contribution in [-0.2, 0) is 38.0 Å². The van der Waals surface area contributed by atoms with Gasteiger partial charge in [-0.3, -0.25) is 14.5 Å². The number of ether oxygens (including phenoxy) is 6. The Hall–Kier alpha value is -2.65. The lowest BCUT2D eigenvalue weighted by molar-refractivity contribution is -0.320. The van der Waals surface area contributed by atoms with E-state index in [9.17, 15) is 24.6 Å². The topological polar surface area (TPSA) is 162 Å². The van der Waals surface area contributed by atoms with E-state index >= 15 is 0 Å². The number of aliphatic hydroxyl groups is 2. The van der Waals surface area contributed by atoms with Crippen molar-refractivity contribution >= 4 is 23.5 Å². The number of para-hydroxylation sites is 1. The monoisotopic (exact) mass is 714 g/mol. The predicted molar refractivity (Wildman–Crippen MR) is 183 cm³/mol. The first-order valence-corrected chi connectivity index (χ1v) is 18.3. The molecule has 7 bridgehead atoms. The van der Waals surface area contributed by atoms with Crippen molar-refractivity contribution in [2.24, 2.45) is 40.4 Å². The SMILES string of the molecule is CCN1C[C@]2(COC(=O)c3ccccc3NC(=O)C[C@H](C)C(=O)OC)CC[C@H](OC)[C@@]34[C@@H]5C[C@H]6[C@H](OC)[C@@H]5[C@](O)(C[C@@H]6OC)[C@@](O)([C@@H](OC)[C@H]23)[C@@H]14. The average molecular weight is 715 g/mol. The number of methoxy groups -OCH3 is 5. The highest BCUT2D eigenvalue weighted by Crippen LogP contribution is 2.80. The van der Waals surface area contributed by atoms with Gasteiger partial charge in [0.15, 0.2) is 0 Å². The molecule has 1 amide bonds. The number of likely N-dealkylation sites (N-methyl/N-ethyl adjacent to an activating group) is 1. The van der Waals surface area contributed by atoms with Crippen LogP contribution in [-0.4, -0.2) is 130 Å². The lowest BCUT2D eigenvalue weighted by atomic mass is 9.42. The third kappa shape index (κ3) is 4.74. The van der Waals surface area contributed by atoms with E-state index in [0.717, 1.165) is 6.42 Å². The molecule has 1 heterocycles. The first-order chi connectivity index (χ1) is 24.4. The molecule has 7 rings (SSSR count). The van der Waals surface area contributed by atoms with Crippen LogP contribution in [0.5, 0.6) is 0 Å². The summed E-state index contributed by atoms with van der Waals surface area (Å²) in [5.74, 6) is -2.89. The summed E-state index contributed by atoms with van der Waals surface area (Å²) in [4.78, 5) is 41.1. The maximum Gasteiger partial charge on any atom is 0.340 e. The van der Waals surface area contributed by atoms with Crippen LogP contribution in [0.15, 0.2) is 24.3 Å². The minimum absolute atomic E-state index is 0.0402. The number of nitrogens with one attached hydrogen (secondary N) is 1. The second kappa shape index (κ2) is 13.0. The van der Waals surface area contributed by atoms with E-state index in [4.69, 9.17) is 28.4 Å². The Morgan fingerprint density at radius 2 is 1.78 bits per heavy atom. The first kappa shape index (κ1) is 36.7. The number of carbonyl (C=O) groups excluding carboxylic acids is 3. The van der Waals surface area contributed by atoms with E-state index in [1.807, 2.05) is 0 Å². The molecule has 1 aliphatic heterocycles. The fourth-order valence-electron chi connectivity index (χ4n) is 12.8. The Morgan fingerprint density at radius 1 is 1.04 bits per heavy atom. The van der Waals surface area contributed by atoms with Gasteiger partial charge in [-0.2, -0.15) is 0 Å². The number of esters is 2. The fourth-order valence-corrected chi connectivity index (χ4v) is 12.8. The standard InChI is InChI=1S/C38H54N2O11/c1-8-40-18-35(19-51-33(43)21-11-9-10-12-24(21)39-27(41)15-20(2)32(42)50-7)14-13-26(47-4)37-23-16-22-25(46-3)17-36(44,28(23)29(22)48-5)38(45,34(37)40)31(49-6)30(35)37/h9-12,20,22-23,25-26,28-31,34,44-45H,8,13-19H2,1-7H3,(H,39,41)/t20-,22+,23+,25-,26-,28+,29-,30+,31-,34-,35-,36+,37-,38+/m0/s1. The van der Waals surface area contributed by atoms with E-state index in [1.165, 1.54) is 7.11 Å². The molecule has 0 aromatic heterocycles. The number of piperidine rings is 1. The molecule has 6 fully saturated rings. The number of nitrogens with zero attached hydrogens (tertiary/aromatic N) is 1. The van der Waals surface area contributed by atoms with E-state index in [2.05, 4.69) is 17.1 Å². The molecule has 6 aliphatic rings. The van der Waals surface area contributed by atoms with Gasteiger partial charge in [-0.1, -0.05) is 26.0 Å². The quantitative estimate of drug-likeness (QED) is 0.272. The Morgan fingerprint density at radius 3 is 2.43 bits per heavy atom. The molecule has 282 valence electrons. The molecule has 1 spiro atoms. The lowest BCUT2D eigenvalue weighted by Gasteiger charge is -2.70. The van der Waals surface area contributed by atoms with Crippen molar-refractivity contribution in [1.29, 1.82) is 0 Å². The molecule has 0 unspecified atom stereocenters. The van der Waals surface area contributed by atoms with Crippen LogP contribution in [0.3, 0.4) is 0 Å². The van der Waals surface area contributed by atoms with Gasteiger partial charge in [-0.05, 0) is 43.9 Å². The van der Waals surface area contributed by atoms with Crippen LogP contribution in [0.2, 0.25) is 0 Å². The van der Waals surface area contributed by atoms with Crippen molar-refractivity contribution in [3.8, 4) is 0 Å². The number of anilines is 1. The molecule has 0 radical (unpaired) electrons. The molecule has 13 nitrogen and oxygen atoms in total. The molecule has 1 aromatic carbocycles. The van der Waals surface area contributed by atoms with E-state index in [0.29, 0.717) is 25.9 Å². The minimum Gasteiger partial charge on any atom is -0.469 e. The smallest absolute Gasteiger partial charge is 0.340 e. The van der Waals surface area contributed by atoms with E-state index in [1.54, 1.807) is 59.6 Å². The molecule has 13 heteroatoms. The number of hydrogen-bond donors (Lipinski definition) is 3. The summed E-state index contributed by atoms with van der Waals surface area (Å²) in [5.41, 5.74) is -4.08. The highest BCUT2D eigenvalue weighted by molar-refractivity contribution is 6.01. The lowest BCUT2D eigenvalue weighted by Crippen LogP contribution is -2.82. The molecule has 5 saturated carbocycles. The molecule has 3 N–H and O–H groups in total. The predicted octanol–water partition coefficient (Wildman–Crippen LogP) is 2.27. The summed E-state index contributed by atoms with van der Waals surface area (Å²) in [6.45, 7) is 4.85. The number of hydrogen-bond acceptors (Lipinski definition) is 12. The summed E-state index contributed by atoms with van der Waals surface area (Å²) >= 11 is 0. The second-order valence-corrected chi connectivity index (χ2v) is 16.0. The number of likely N-dealkylation sites (tertiary alicyclic amines) is 1. The highest BCUT2D eigenvalue weighted by atomic mass is 16.5. The third-order valence-electron chi connectivity index (χ3n) is 14.3. The van der Waals surface area contributed by atoms with Crippen molar-refractivity contribution in [2.45, 2.75) is 87.6 Å². The number of rotatable bonds is 12. The van der Waals surface area contributed by atoms with Crippen LogP contribution < -0.4 is 5.32 Å². The Balaban J connectivity index is 1.26. The van der Waals surface area contributed by atoms with Crippen LogP contribution in [0.1, 0.15) is 56.3 Å². The van der Waals surface area contributed by atoms with Crippen LogP contribution in [0.4, 0.5) is 5.69 Å². The van der Waals surface area contributed by atoms with Crippen molar-refractivity contribution < 1.29 is 53.0 Å². The van der Waals surface area contributed by atoms with Gasteiger partial charge >= 0.3 is 11.9 Å². The Bertz CT molecular complexity index is 1540. The largest absolute Gasteiger partial charge is 0.469 e. The first-order valence-electron chi connectivity index (χ1n) is 18.3. The Labute approximate surface area is 299 Å². The maximum absolute atomic E-state index is 14.0. The van der Waals surface area contributed by atoms with Gasteiger partial charge in [0.05, 0.1) is 61.3 Å². The van der Waals surface area contributed by atoms with Crippen molar-refractivity contribution in [1.82, 2.24) is 4.90 Å². The van der Waals surface area contributed by atoms with Crippen LogP contribution in [0, 0.1) is 40.4 Å². The van der Waals surface area contributed by atoms with Crippen molar-refractivity contribution in [3.05, 3.63) is 29.8 Å². The van der Waals surface area contributed by atoms with Gasteiger partial charge in [-0.25, -0.2) is 4.79 Å². The number of fused-ring (bicyclic) bond motifs is 2. The zero-order chi connectivity index (χ0) is 36.7. The van der Waals surface area contributed by atoms with Gasteiger partial charge in [0.25, 0.3) is 0 Å². The summed E-state index contributed by atoms with van der Waals surface area (Å²) in [5, 5.41) is 29.4. The highest BCUT2D eigenvalue weighted by Gasteiger charge is 2.91. The molecule has 51 heavy (non-hydrogen) atoms. The summed E-state index contributed by atoms with van der Waals surface area (Å²) in [6, 6.07) is 6.18. The normalized spacial score (nSPS) is 43.7. The van der Waals surface area contributed by atoms with Crippen LogP contribution >= 0.6 is 0 Å². The number of benzene rings is 1. The van der Waals surface area contributed by atoms with Gasteiger partial charge in [0.2, 0.25) is 5.91 Å². The van der Waals surface area contributed by atoms with Gasteiger partial charge in [0, 0.05) is 76.4 Å². The molecule has 14 atom stereocenters. The average Bonchev–Trinajstić information content (AvgIpc) is 3.55. The van der Waals surface area contributed by atoms with Gasteiger partial charge in [-0.15, -0.1) is 0 Å². The maximum atomic E-state index is 14.0. The zero-order valence-electron chi connectivity index (χ0n) is 30.8. The van der Waals surface area contributed by atoms with Crippen LogP contribution in [0.25, 0.3) is 0 Å². The summed E-state index contributed by atoms with van der Waals surface area (Å²) < 4.78 is 36.1. The Kier molecular flexibility index (Phi) is 9.38. The molecule has 1 saturated heterocycles. The summed E-state index contributed by atoms with van der Waals surface area (Å²) in [7, 11) is 7.97.